The van der Waals surface area contributed by atoms with Crippen molar-refractivity contribution < 1.29 is 12.8 Å². The van der Waals surface area contributed by atoms with E-state index in [1.807, 2.05) is 0 Å². The van der Waals surface area contributed by atoms with Crippen molar-refractivity contribution in [2.24, 2.45) is 0 Å². The number of para-hydroxylation sites is 1. The lowest BCUT2D eigenvalue weighted by Crippen LogP contribution is -2.15. The van der Waals surface area contributed by atoms with E-state index in [9.17, 15) is 12.8 Å². The summed E-state index contributed by atoms with van der Waals surface area (Å²) in [6.07, 6.45) is 0. The van der Waals surface area contributed by atoms with Crippen molar-refractivity contribution in [2.45, 2.75) is 11.4 Å². The van der Waals surface area contributed by atoms with Crippen LogP contribution in [0.15, 0.2) is 51.8 Å². The second-order valence-corrected chi connectivity index (χ2v) is 6.89. The Kier molecular flexibility index (Phi) is 4.97. The van der Waals surface area contributed by atoms with Crippen LogP contribution < -0.4 is 10.0 Å². The molecular formula is C14H14BrFN2O2S. The van der Waals surface area contributed by atoms with Gasteiger partial charge in [-0.25, -0.2) is 12.8 Å². The van der Waals surface area contributed by atoms with Crippen molar-refractivity contribution >= 4 is 31.6 Å². The molecule has 0 aromatic heterocycles. The number of rotatable bonds is 5. The molecule has 0 heterocycles. The fourth-order valence-corrected chi connectivity index (χ4v) is 3.48. The third-order valence-corrected chi connectivity index (χ3v) is 4.88. The maximum atomic E-state index is 14.0. The number of hydrogen-bond donors (Lipinski definition) is 2. The molecule has 0 saturated heterocycles. The highest BCUT2D eigenvalue weighted by Crippen LogP contribution is 2.25. The van der Waals surface area contributed by atoms with Crippen molar-refractivity contribution in [3.05, 3.63) is 58.3 Å². The van der Waals surface area contributed by atoms with Crippen molar-refractivity contribution in [2.75, 3.05) is 11.8 Å². The normalized spacial score (nSPS) is 11.4. The molecule has 0 aliphatic carbocycles. The van der Waals surface area contributed by atoms with Crippen LogP contribution in [-0.2, 0) is 16.6 Å². The molecule has 0 aliphatic heterocycles. The Morgan fingerprint density at radius 1 is 1.19 bits per heavy atom. The maximum Gasteiger partial charge on any atom is 0.264 e. The number of anilines is 1. The molecule has 0 amide bonds. The van der Waals surface area contributed by atoms with Gasteiger partial charge in [0.2, 0.25) is 0 Å². The van der Waals surface area contributed by atoms with Crippen LogP contribution in [0, 0.1) is 5.82 Å². The first kappa shape index (κ1) is 15.9. The Morgan fingerprint density at radius 2 is 1.90 bits per heavy atom. The average Bonchev–Trinajstić information content (AvgIpc) is 2.41. The summed E-state index contributed by atoms with van der Waals surface area (Å²) in [6, 6.07) is 10.8. The summed E-state index contributed by atoms with van der Waals surface area (Å²) in [5.74, 6) is -0.776. The molecule has 0 bridgehead atoms. The van der Waals surface area contributed by atoms with Crippen molar-refractivity contribution in [3.8, 4) is 0 Å². The largest absolute Gasteiger partial charge is 0.316 e. The van der Waals surface area contributed by atoms with E-state index in [2.05, 4.69) is 26.0 Å². The fourth-order valence-electron chi connectivity index (χ4n) is 1.82. The molecule has 21 heavy (non-hydrogen) atoms. The van der Waals surface area contributed by atoms with Gasteiger partial charge in [-0.05, 0) is 52.8 Å². The molecule has 2 N–H and O–H groups in total. The first-order valence-electron chi connectivity index (χ1n) is 6.14. The number of benzene rings is 2. The fraction of sp³-hybridized carbons (Fsp3) is 0.143. The summed E-state index contributed by atoms with van der Waals surface area (Å²) in [6.45, 7) is 0.467. The van der Waals surface area contributed by atoms with Gasteiger partial charge in [-0.3, -0.25) is 4.72 Å². The van der Waals surface area contributed by atoms with Crippen LogP contribution in [0.4, 0.5) is 10.1 Å². The van der Waals surface area contributed by atoms with Gasteiger partial charge in [-0.15, -0.1) is 0 Å². The summed E-state index contributed by atoms with van der Waals surface area (Å²) in [5.41, 5.74) is 1.03. The molecule has 0 aliphatic rings. The Morgan fingerprint density at radius 3 is 2.52 bits per heavy atom. The minimum absolute atomic E-state index is 0.358. The standard InChI is InChI=1S/C14H14BrFN2O2S/c1-17-9-10-6-7-14(12(16)8-10)21(19,20)18-13-5-3-2-4-11(13)15/h2-8,17-18H,9H2,1H3. The van der Waals surface area contributed by atoms with Gasteiger partial charge in [0.15, 0.2) is 0 Å². The summed E-state index contributed by atoms with van der Waals surface area (Å²) >= 11 is 3.24. The topological polar surface area (TPSA) is 58.2 Å². The van der Waals surface area contributed by atoms with Gasteiger partial charge in [-0.1, -0.05) is 18.2 Å². The quantitative estimate of drug-likeness (QED) is 0.847. The minimum atomic E-state index is -3.97. The third kappa shape index (κ3) is 3.81. The van der Waals surface area contributed by atoms with E-state index in [0.717, 1.165) is 0 Å². The lowest BCUT2D eigenvalue weighted by atomic mass is 10.2. The molecule has 2 rings (SSSR count). The molecule has 0 atom stereocenters. The van der Waals surface area contributed by atoms with Crippen LogP contribution in [0.3, 0.4) is 0 Å². The Labute approximate surface area is 131 Å². The summed E-state index contributed by atoms with van der Waals surface area (Å²) in [7, 11) is -2.24. The monoisotopic (exact) mass is 372 g/mol. The van der Waals surface area contributed by atoms with Crippen LogP contribution in [0.2, 0.25) is 0 Å². The summed E-state index contributed by atoms with van der Waals surface area (Å²) in [5, 5.41) is 2.88. The molecule has 112 valence electrons. The highest BCUT2D eigenvalue weighted by Gasteiger charge is 2.20. The predicted octanol–water partition coefficient (Wildman–Crippen LogP) is 3.11. The zero-order chi connectivity index (χ0) is 15.5. The summed E-state index contributed by atoms with van der Waals surface area (Å²) < 4.78 is 41.5. The Hall–Kier alpha value is -1.44. The van der Waals surface area contributed by atoms with E-state index < -0.39 is 15.8 Å². The first-order valence-corrected chi connectivity index (χ1v) is 8.42. The van der Waals surface area contributed by atoms with Crippen molar-refractivity contribution in [3.63, 3.8) is 0 Å². The van der Waals surface area contributed by atoms with Crippen LogP contribution in [0.1, 0.15) is 5.56 Å². The number of nitrogens with one attached hydrogen (secondary N) is 2. The molecular weight excluding hydrogens is 359 g/mol. The van der Waals surface area contributed by atoms with Crippen LogP contribution in [0.5, 0.6) is 0 Å². The second kappa shape index (κ2) is 6.55. The third-order valence-electron chi connectivity index (χ3n) is 2.78. The van der Waals surface area contributed by atoms with E-state index in [1.165, 1.54) is 12.1 Å². The van der Waals surface area contributed by atoms with Crippen LogP contribution in [-0.4, -0.2) is 15.5 Å². The van der Waals surface area contributed by atoms with E-state index >= 15 is 0 Å². The van der Waals surface area contributed by atoms with E-state index in [0.29, 0.717) is 22.3 Å². The van der Waals surface area contributed by atoms with Crippen LogP contribution in [0.25, 0.3) is 0 Å². The van der Waals surface area contributed by atoms with Gasteiger partial charge in [0.1, 0.15) is 10.7 Å². The smallest absolute Gasteiger partial charge is 0.264 e. The van der Waals surface area contributed by atoms with Gasteiger partial charge < -0.3 is 5.32 Å². The number of sulfonamides is 1. The van der Waals surface area contributed by atoms with Gasteiger partial charge in [0, 0.05) is 11.0 Å². The van der Waals surface area contributed by atoms with E-state index in [-0.39, 0.29) is 4.90 Å². The molecule has 0 unspecified atom stereocenters. The van der Waals surface area contributed by atoms with Crippen LogP contribution >= 0.6 is 15.9 Å². The van der Waals surface area contributed by atoms with Gasteiger partial charge in [0.25, 0.3) is 10.0 Å². The number of hydrogen-bond acceptors (Lipinski definition) is 3. The SMILES string of the molecule is CNCc1ccc(S(=O)(=O)Nc2ccccc2Br)c(F)c1. The first-order chi connectivity index (χ1) is 9.94. The molecule has 2 aromatic rings. The zero-order valence-corrected chi connectivity index (χ0v) is 13.6. The van der Waals surface area contributed by atoms with Gasteiger partial charge >= 0.3 is 0 Å². The minimum Gasteiger partial charge on any atom is -0.316 e. The van der Waals surface area contributed by atoms with Gasteiger partial charge in [0.05, 0.1) is 5.69 Å². The van der Waals surface area contributed by atoms with Crippen molar-refractivity contribution in [1.82, 2.24) is 5.32 Å². The Bertz CT molecular complexity index is 750. The van der Waals surface area contributed by atoms with E-state index in [1.54, 1.807) is 37.4 Å². The number of halogens is 2. The molecule has 7 heteroatoms. The second-order valence-electron chi connectivity index (χ2n) is 4.38. The molecule has 4 nitrogen and oxygen atoms in total. The lowest BCUT2D eigenvalue weighted by Gasteiger charge is -2.11. The van der Waals surface area contributed by atoms with Crippen molar-refractivity contribution in [1.29, 1.82) is 0 Å². The lowest BCUT2D eigenvalue weighted by molar-refractivity contribution is 0.568. The highest BCUT2D eigenvalue weighted by atomic mass is 79.9. The molecule has 0 radical (unpaired) electrons. The molecule has 2 aromatic carbocycles. The maximum absolute atomic E-state index is 14.0. The Balaban J connectivity index is 2.34. The average molecular weight is 373 g/mol. The molecule has 0 fully saturated rings. The predicted molar refractivity (Wildman–Crippen MR) is 84.1 cm³/mol. The zero-order valence-electron chi connectivity index (χ0n) is 11.2. The molecule has 0 saturated carbocycles. The van der Waals surface area contributed by atoms with Gasteiger partial charge in [-0.2, -0.15) is 0 Å². The molecule has 0 spiro atoms. The summed E-state index contributed by atoms with van der Waals surface area (Å²) in [4.78, 5) is -0.377. The highest BCUT2D eigenvalue weighted by molar-refractivity contribution is 9.10. The van der Waals surface area contributed by atoms with E-state index in [4.69, 9.17) is 0 Å².